The molecule has 1 N–H and O–H groups in total. The Kier molecular flexibility index (Phi) is 6.02. The number of benzene rings is 1. The summed E-state index contributed by atoms with van der Waals surface area (Å²) in [7, 11) is -0.303. The van der Waals surface area contributed by atoms with E-state index in [-0.39, 0.29) is 42.7 Å². The van der Waals surface area contributed by atoms with Gasteiger partial charge in [0.2, 0.25) is 0 Å². The molecule has 1 aliphatic rings. The van der Waals surface area contributed by atoms with E-state index in [1.54, 1.807) is 0 Å². The summed E-state index contributed by atoms with van der Waals surface area (Å²) < 4.78 is 11.8. The van der Waals surface area contributed by atoms with Crippen molar-refractivity contribution in [2.75, 3.05) is 0 Å². The number of halogens is 1. The van der Waals surface area contributed by atoms with Gasteiger partial charge in [0.15, 0.2) is 0 Å². The molecular weight excluding hydrogens is 245 g/mol. The fourth-order valence-corrected chi connectivity index (χ4v) is 1.73. The molecule has 0 spiro atoms. The average Bonchev–Trinajstić information content (AvgIpc) is 2.37. The quantitative estimate of drug-likeness (QED) is 0.639. The van der Waals surface area contributed by atoms with Crippen LogP contribution in [-0.4, -0.2) is 23.8 Å². The molecule has 0 bridgehead atoms. The standard InChI is InChI=1S/C12H16BClO2.Li.H2O/c1-11(2)12(3,4)16-13(15-11)9-5-7-10(14)8-6-9;;/h5-8H,1-4H3;;1H2/q;+1;/p-1. The van der Waals surface area contributed by atoms with Crippen molar-refractivity contribution >= 4 is 24.2 Å². The van der Waals surface area contributed by atoms with Crippen LogP contribution in [0, 0.1) is 0 Å². The van der Waals surface area contributed by atoms with Crippen molar-refractivity contribution < 1.29 is 33.6 Å². The van der Waals surface area contributed by atoms with Gasteiger partial charge in [-0.05, 0) is 45.3 Å². The summed E-state index contributed by atoms with van der Waals surface area (Å²) in [6.45, 7) is 8.18. The monoisotopic (exact) mass is 262 g/mol. The summed E-state index contributed by atoms with van der Waals surface area (Å²) >= 11 is 5.85. The molecule has 1 aromatic rings. The Morgan fingerprint density at radius 1 is 0.944 bits per heavy atom. The largest absolute Gasteiger partial charge is 1.00 e. The molecule has 1 heterocycles. The van der Waals surface area contributed by atoms with E-state index >= 15 is 0 Å². The molecule has 0 radical (unpaired) electrons. The summed E-state index contributed by atoms with van der Waals surface area (Å²) in [6.07, 6.45) is 0. The molecule has 0 saturated carbocycles. The maximum absolute atomic E-state index is 5.92. The Hall–Kier alpha value is 0.0523. The van der Waals surface area contributed by atoms with Gasteiger partial charge in [-0.1, -0.05) is 23.7 Å². The zero-order valence-corrected chi connectivity index (χ0v) is 12.3. The Balaban J connectivity index is 0.00000144. The Labute approximate surface area is 126 Å². The zero-order chi connectivity index (χ0) is 12.0. The van der Waals surface area contributed by atoms with E-state index in [4.69, 9.17) is 20.9 Å². The maximum atomic E-state index is 5.92. The third kappa shape index (κ3) is 3.33. The van der Waals surface area contributed by atoms with E-state index in [1.165, 1.54) is 0 Å². The van der Waals surface area contributed by atoms with Crippen molar-refractivity contribution in [2.24, 2.45) is 0 Å². The molecule has 1 aliphatic heterocycles. The molecule has 2 rings (SSSR count). The molecule has 94 valence electrons. The van der Waals surface area contributed by atoms with Crippen molar-refractivity contribution in [3.05, 3.63) is 29.3 Å². The van der Waals surface area contributed by atoms with Crippen LogP contribution in [0.15, 0.2) is 24.3 Å². The predicted molar refractivity (Wildman–Crippen MR) is 69.1 cm³/mol. The average molecular weight is 262 g/mol. The second kappa shape index (κ2) is 6.00. The normalized spacial score (nSPS) is 19.9. The summed E-state index contributed by atoms with van der Waals surface area (Å²) in [5.74, 6) is 0. The van der Waals surface area contributed by atoms with Gasteiger partial charge in [-0.3, -0.25) is 0 Å². The second-order valence-electron chi connectivity index (χ2n) is 5.14. The van der Waals surface area contributed by atoms with Crippen LogP contribution in [0.25, 0.3) is 0 Å². The maximum Gasteiger partial charge on any atom is 1.00 e. The summed E-state index contributed by atoms with van der Waals surface area (Å²) in [4.78, 5) is 0. The van der Waals surface area contributed by atoms with E-state index in [0.29, 0.717) is 0 Å². The molecule has 6 heteroatoms. The third-order valence-corrected chi connectivity index (χ3v) is 3.65. The van der Waals surface area contributed by atoms with Gasteiger partial charge < -0.3 is 14.8 Å². The van der Waals surface area contributed by atoms with Gasteiger partial charge in [-0.25, -0.2) is 0 Å². The molecule has 1 fully saturated rings. The van der Waals surface area contributed by atoms with Crippen molar-refractivity contribution in [3.63, 3.8) is 0 Å². The Bertz CT molecular complexity index is 379. The molecule has 1 saturated heterocycles. The first-order valence-electron chi connectivity index (χ1n) is 5.43. The first-order chi connectivity index (χ1) is 7.32. The van der Waals surface area contributed by atoms with Gasteiger partial charge in [0, 0.05) is 5.02 Å². The van der Waals surface area contributed by atoms with Crippen molar-refractivity contribution in [1.82, 2.24) is 0 Å². The summed E-state index contributed by atoms with van der Waals surface area (Å²) in [6, 6.07) is 7.57. The molecular formula is C12H17BClLiO3. The van der Waals surface area contributed by atoms with Gasteiger partial charge in [-0.2, -0.15) is 0 Å². The fourth-order valence-electron chi connectivity index (χ4n) is 1.60. The number of rotatable bonds is 1. The zero-order valence-electron chi connectivity index (χ0n) is 11.5. The minimum Gasteiger partial charge on any atom is -0.870 e. The van der Waals surface area contributed by atoms with Crippen LogP contribution >= 0.6 is 11.6 Å². The summed E-state index contributed by atoms with van der Waals surface area (Å²) in [5.41, 5.74) is 0.414. The Morgan fingerprint density at radius 3 is 1.72 bits per heavy atom. The van der Waals surface area contributed by atoms with Crippen molar-refractivity contribution in [3.8, 4) is 0 Å². The number of hydrogen-bond acceptors (Lipinski definition) is 3. The van der Waals surface area contributed by atoms with Gasteiger partial charge in [0.25, 0.3) is 0 Å². The smallest absolute Gasteiger partial charge is 0.870 e. The minimum atomic E-state index is -0.303. The molecule has 1 aromatic carbocycles. The third-order valence-electron chi connectivity index (χ3n) is 3.40. The molecule has 3 nitrogen and oxygen atoms in total. The van der Waals surface area contributed by atoms with E-state index in [1.807, 2.05) is 52.0 Å². The molecule has 0 aromatic heterocycles. The molecule has 0 amide bonds. The van der Waals surface area contributed by atoms with Crippen molar-refractivity contribution in [1.29, 1.82) is 0 Å². The van der Waals surface area contributed by atoms with Crippen LogP contribution in [0.1, 0.15) is 27.7 Å². The van der Waals surface area contributed by atoms with Crippen LogP contribution in [0.3, 0.4) is 0 Å². The van der Waals surface area contributed by atoms with Gasteiger partial charge in [-0.15, -0.1) is 0 Å². The fraction of sp³-hybridized carbons (Fsp3) is 0.500. The Morgan fingerprint density at radius 2 is 1.33 bits per heavy atom. The van der Waals surface area contributed by atoms with Gasteiger partial charge >= 0.3 is 26.0 Å². The first-order valence-corrected chi connectivity index (χ1v) is 5.81. The topological polar surface area (TPSA) is 48.5 Å². The van der Waals surface area contributed by atoms with Gasteiger partial charge in [0.05, 0.1) is 11.2 Å². The predicted octanol–water partition coefficient (Wildman–Crippen LogP) is -0.534. The van der Waals surface area contributed by atoms with Crippen LogP contribution in [-0.2, 0) is 9.31 Å². The van der Waals surface area contributed by atoms with E-state index in [2.05, 4.69) is 0 Å². The van der Waals surface area contributed by atoms with Crippen LogP contribution in [0.5, 0.6) is 0 Å². The molecule has 18 heavy (non-hydrogen) atoms. The minimum absolute atomic E-state index is 0. The molecule has 0 unspecified atom stereocenters. The van der Waals surface area contributed by atoms with Crippen LogP contribution < -0.4 is 24.3 Å². The van der Waals surface area contributed by atoms with E-state index in [9.17, 15) is 0 Å². The second-order valence-corrected chi connectivity index (χ2v) is 5.58. The van der Waals surface area contributed by atoms with Crippen LogP contribution in [0.4, 0.5) is 0 Å². The number of hydrogen-bond donors (Lipinski definition) is 0. The molecule has 0 atom stereocenters. The summed E-state index contributed by atoms with van der Waals surface area (Å²) in [5, 5.41) is 0.722. The first kappa shape index (κ1) is 18.1. The SMILES string of the molecule is CC1(C)OB(c2ccc(Cl)cc2)OC1(C)C.[Li+].[OH-]. The van der Waals surface area contributed by atoms with Crippen LogP contribution in [0.2, 0.25) is 5.02 Å². The van der Waals surface area contributed by atoms with Gasteiger partial charge in [0.1, 0.15) is 0 Å². The molecule has 0 aliphatic carbocycles. The van der Waals surface area contributed by atoms with E-state index < -0.39 is 0 Å². The van der Waals surface area contributed by atoms with Crippen molar-refractivity contribution in [2.45, 2.75) is 38.9 Å². The van der Waals surface area contributed by atoms with E-state index in [0.717, 1.165) is 10.5 Å².